The first-order valence-electron chi connectivity index (χ1n) is 4.76. The Balaban J connectivity index is 3.12. The first-order chi connectivity index (χ1) is 8.28. The Bertz CT molecular complexity index is 522. The molecule has 102 valence electrons. The second-order valence-corrected chi connectivity index (χ2v) is 5.21. The minimum Gasteiger partial charge on any atom is -0.319 e. The molecule has 0 aliphatic carbocycles. The first kappa shape index (κ1) is 14.7. The van der Waals surface area contributed by atoms with Crippen LogP contribution in [0.2, 0.25) is 0 Å². The number of hydrogen-bond acceptors (Lipinski definition) is 3. The first-order valence-corrected chi connectivity index (χ1v) is 6.42. The third-order valence-electron chi connectivity index (χ3n) is 1.99. The van der Waals surface area contributed by atoms with Gasteiger partial charge >= 0.3 is 0 Å². The number of sulfonamides is 1. The molecule has 2 N–H and O–H groups in total. The zero-order valence-corrected chi connectivity index (χ0v) is 10.0. The van der Waals surface area contributed by atoms with E-state index in [4.69, 9.17) is 0 Å². The zero-order chi connectivity index (χ0) is 13.9. The SMILES string of the molecule is CNCCS(=O)(=O)Nc1c(F)c(F)cc(F)c1F. The van der Waals surface area contributed by atoms with Crippen molar-refractivity contribution in [3.05, 3.63) is 29.3 Å². The molecule has 0 saturated heterocycles. The fourth-order valence-corrected chi connectivity index (χ4v) is 2.17. The smallest absolute Gasteiger partial charge is 0.234 e. The van der Waals surface area contributed by atoms with Gasteiger partial charge in [-0.15, -0.1) is 0 Å². The second-order valence-electron chi connectivity index (χ2n) is 3.37. The van der Waals surface area contributed by atoms with Crippen LogP contribution < -0.4 is 10.0 Å². The van der Waals surface area contributed by atoms with Crippen LogP contribution in [0.25, 0.3) is 0 Å². The van der Waals surface area contributed by atoms with Crippen molar-refractivity contribution in [2.45, 2.75) is 0 Å². The van der Waals surface area contributed by atoms with E-state index in [0.717, 1.165) is 0 Å². The number of halogens is 4. The summed E-state index contributed by atoms with van der Waals surface area (Å²) >= 11 is 0. The lowest BCUT2D eigenvalue weighted by atomic mass is 10.3. The van der Waals surface area contributed by atoms with E-state index in [1.54, 1.807) is 0 Å². The number of benzene rings is 1. The summed E-state index contributed by atoms with van der Waals surface area (Å²) in [5, 5.41) is 2.51. The van der Waals surface area contributed by atoms with Gasteiger partial charge < -0.3 is 5.32 Å². The van der Waals surface area contributed by atoms with Gasteiger partial charge in [0, 0.05) is 12.6 Å². The monoisotopic (exact) mass is 286 g/mol. The third-order valence-corrected chi connectivity index (χ3v) is 3.25. The lowest BCUT2D eigenvalue weighted by Crippen LogP contribution is -2.25. The standard InChI is InChI=1S/C9H10F4N2O2S/c1-14-2-3-18(16,17)15-9-7(12)5(10)4-6(11)8(9)13/h4,14-15H,2-3H2,1H3. The maximum atomic E-state index is 13.2. The summed E-state index contributed by atoms with van der Waals surface area (Å²) < 4.78 is 76.2. The van der Waals surface area contributed by atoms with Crippen LogP contribution in [0.5, 0.6) is 0 Å². The average Bonchev–Trinajstić information content (AvgIpc) is 2.30. The van der Waals surface area contributed by atoms with Crippen molar-refractivity contribution in [2.24, 2.45) is 0 Å². The van der Waals surface area contributed by atoms with E-state index in [2.05, 4.69) is 5.32 Å². The predicted octanol–water partition coefficient (Wildman–Crippen LogP) is 1.20. The normalized spacial score (nSPS) is 11.6. The summed E-state index contributed by atoms with van der Waals surface area (Å²) in [5.41, 5.74) is -1.36. The maximum Gasteiger partial charge on any atom is 0.234 e. The van der Waals surface area contributed by atoms with Crippen LogP contribution >= 0.6 is 0 Å². The minimum absolute atomic E-state index is 0.00390. The van der Waals surface area contributed by atoms with E-state index in [1.807, 2.05) is 0 Å². The van der Waals surface area contributed by atoms with Gasteiger partial charge in [0.1, 0.15) is 5.69 Å². The Hall–Kier alpha value is -1.35. The average molecular weight is 286 g/mol. The summed E-state index contributed by atoms with van der Waals surface area (Å²) in [6.07, 6.45) is 0. The molecule has 1 aromatic carbocycles. The van der Waals surface area contributed by atoms with E-state index < -0.39 is 44.7 Å². The van der Waals surface area contributed by atoms with E-state index in [-0.39, 0.29) is 12.6 Å². The molecule has 0 fully saturated rings. The summed E-state index contributed by atoms with van der Waals surface area (Å²) in [4.78, 5) is 0. The van der Waals surface area contributed by atoms with Crippen LogP contribution in [0, 0.1) is 23.3 Å². The van der Waals surface area contributed by atoms with Gasteiger partial charge in [-0.3, -0.25) is 4.72 Å². The number of anilines is 1. The van der Waals surface area contributed by atoms with Crippen molar-refractivity contribution >= 4 is 15.7 Å². The minimum atomic E-state index is -4.10. The van der Waals surface area contributed by atoms with Gasteiger partial charge in [-0.2, -0.15) is 0 Å². The van der Waals surface area contributed by atoms with Crippen molar-refractivity contribution in [2.75, 3.05) is 24.1 Å². The molecule has 0 amide bonds. The highest BCUT2D eigenvalue weighted by molar-refractivity contribution is 7.92. The van der Waals surface area contributed by atoms with E-state index in [0.29, 0.717) is 0 Å². The van der Waals surface area contributed by atoms with Gasteiger partial charge in [0.2, 0.25) is 10.0 Å². The lowest BCUT2D eigenvalue weighted by Gasteiger charge is -2.10. The molecule has 0 saturated carbocycles. The van der Waals surface area contributed by atoms with Crippen LogP contribution in [0.15, 0.2) is 6.07 Å². The molecule has 0 unspecified atom stereocenters. The fraction of sp³-hybridized carbons (Fsp3) is 0.333. The van der Waals surface area contributed by atoms with Crippen molar-refractivity contribution < 1.29 is 26.0 Å². The molecule has 9 heteroatoms. The van der Waals surface area contributed by atoms with E-state index >= 15 is 0 Å². The van der Waals surface area contributed by atoms with Gasteiger partial charge in [-0.1, -0.05) is 0 Å². The molecular formula is C9H10F4N2O2S. The molecule has 0 bridgehead atoms. The lowest BCUT2D eigenvalue weighted by molar-refractivity contribution is 0.459. The van der Waals surface area contributed by atoms with E-state index in [1.165, 1.54) is 11.8 Å². The van der Waals surface area contributed by atoms with E-state index in [9.17, 15) is 26.0 Å². The van der Waals surface area contributed by atoms with Gasteiger partial charge in [-0.25, -0.2) is 26.0 Å². The highest BCUT2D eigenvalue weighted by atomic mass is 32.2. The summed E-state index contributed by atoms with van der Waals surface area (Å²) in [5.74, 6) is -7.44. The third kappa shape index (κ3) is 3.33. The topological polar surface area (TPSA) is 58.2 Å². The number of hydrogen-bond donors (Lipinski definition) is 2. The summed E-state index contributed by atoms with van der Waals surface area (Å²) in [6.45, 7) is 0.0103. The van der Waals surface area contributed by atoms with Crippen molar-refractivity contribution in [1.29, 1.82) is 0 Å². The molecular weight excluding hydrogens is 276 g/mol. The quantitative estimate of drug-likeness (QED) is 0.632. The van der Waals surface area contributed by atoms with Crippen molar-refractivity contribution in [1.82, 2.24) is 5.32 Å². The number of nitrogens with one attached hydrogen (secondary N) is 2. The molecule has 0 aromatic heterocycles. The Morgan fingerprint density at radius 2 is 1.61 bits per heavy atom. The molecule has 0 aliphatic rings. The Kier molecular flexibility index (Phi) is 4.52. The molecule has 0 heterocycles. The van der Waals surface area contributed by atoms with Gasteiger partial charge in [-0.05, 0) is 7.05 Å². The molecule has 1 rings (SSSR count). The molecule has 1 aromatic rings. The fourth-order valence-electron chi connectivity index (χ4n) is 1.11. The molecule has 0 aliphatic heterocycles. The Morgan fingerprint density at radius 1 is 1.11 bits per heavy atom. The van der Waals surface area contributed by atoms with Crippen LogP contribution in [0.1, 0.15) is 0 Å². The molecule has 0 atom stereocenters. The van der Waals surface area contributed by atoms with Crippen LogP contribution in [-0.4, -0.2) is 27.8 Å². The van der Waals surface area contributed by atoms with Crippen molar-refractivity contribution in [3.8, 4) is 0 Å². The highest BCUT2D eigenvalue weighted by Crippen LogP contribution is 2.24. The highest BCUT2D eigenvalue weighted by Gasteiger charge is 2.22. The molecule has 18 heavy (non-hydrogen) atoms. The maximum absolute atomic E-state index is 13.2. The summed E-state index contributed by atoms with van der Waals surface area (Å²) in [7, 11) is -2.63. The van der Waals surface area contributed by atoms with Crippen LogP contribution in [-0.2, 0) is 10.0 Å². The Morgan fingerprint density at radius 3 is 2.06 bits per heavy atom. The van der Waals surface area contributed by atoms with Gasteiger partial charge in [0.05, 0.1) is 5.75 Å². The zero-order valence-electron chi connectivity index (χ0n) is 9.23. The second kappa shape index (κ2) is 5.53. The van der Waals surface area contributed by atoms with Gasteiger partial charge in [0.15, 0.2) is 23.3 Å². The predicted molar refractivity (Wildman–Crippen MR) is 57.6 cm³/mol. The molecule has 4 nitrogen and oxygen atoms in total. The Labute approximate surface area is 101 Å². The van der Waals surface area contributed by atoms with Crippen LogP contribution in [0.4, 0.5) is 23.2 Å². The largest absolute Gasteiger partial charge is 0.319 e. The van der Waals surface area contributed by atoms with Crippen molar-refractivity contribution in [3.63, 3.8) is 0 Å². The molecule has 0 spiro atoms. The summed E-state index contributed by atoms with van der Waals surface area (Å²) in [6, 6.07) is -0.00390. The van der Waals surface area contributed by atoms with Gasteiger partial charge in [0.25, 0.3) is 0 Å². The van der Waals surface area contributed by atoms with Crippen LogP contribution in [0.3, 0.4) is 0 Å². The number of rotatable bonds is 5. The molecule has 0 radical (unpaired) electrons.